The van der Waals surface area contributed by atoms with Crippen molar-refractivity contribution in [1.29, 1.82) is 0 Å². The summed E-state index contributed by atoms with van der Waals surface area (Å²) >= 11 is 13.6. The molecule has 0 fully saturated rings. The zero-order valence-corrected chi connectivity index (χ0v) is 27.8. The first-order valence-corrected chi connectivity index (χ1v) is 16.7. The normalized spacial score (nSPS) is 11.5. The van der Waals surface area contributed by atoms with E-state index in [1.165, 1.54) is 11.8 Å². The van der Waals surface area contributed by atoms with Crippen LogP contribution in [0.4, 0.5) is 0 Å². The third kappa shape index (κ3) is 11.4. The largest absolute Gasteiger partial charge is 0.497 e. The molecule has 0 bridgehead atoms. The van der Waals surface area contributed by atoms with Gasteiger partial charge in [-0.1, -0.05) is 89.9 Å². The maximum absolute atomic E-state index is 13.8. The van der Waals surface area contributed by atoms with Crippen molar-refractivity contribution in [3.63, 3.8) is 0 Å². The fourth-order valence-corrected chi connectivity index (χ4v) is 6.25. The van der Waals surface area contributed by atoms with Crippen LogP contribution in [-0.2, 0) is 39.4 Å². The van der Waals surface area contributed by atoms with Gasteiger partial charge in [0.05, 0.1) is 12.4 Å². The van der Waals surface area contributed by atoms with Gasteiger partial charge in [0.1, 0.15) is 5.75 Å². The van der Waals surface area contributed by atoms with Gasteiger partial charge in [-0.15, -0.1) is 11.8 Å². The predicted octanol–water partition coefficient (Wildman–Crippen LogP) is 6.05. The number of carbonyl (C=O) groups excluding carboxylic acids is 3. The van der Waals surface area contributed by atoms with Crippen molar-refractivity contribution in [1.82, 2.24) is 16.0 Å². The Morgan fingerprint density at radius 3 is 1.74 bits per heavy atom. The number of amides is 3. The van der Waals surface area contributed by atoms with Gasteiger partial charge in [0.15, 0.2) is 6.04 Å². The molecule has 0 saturated heterocycles. The summed E-state index contributed by atoms with van der Waals surface area (Å²) in [6.45, 7) is 0.530. The number of benzene rings is 4. The van der Waals surface area contributed by atoms with Crippen molar-refractivity contribution in [3.8, 4) is 5.75 Å². The van der Waals surface area contributed by atoms with Gasteiger partial charge in [-0.2, -0.15) is 0 Å². The van der Waals surface area contributed by atoms with Crippen LogP contribution in [0, 0.1) is 0 Å². The molecule has 10 heteroatoms. The average molecular weight is 679 g/mol. The number of carbonyl (C=O) groups is 3. The smallest absolute Gasteiger partial charge is 0.252 e. The fraction of sp³-hybridized carbons (Fsp3) is 0.250. The molecule has 4 aromatic rings. The van der Waals surface area contributed by atoms with Crippen LogP contribution in [0.5, 0.6) is 5.75 Å². The number of nitrogens with one attached hydrogen (secondary N) is 3. The summed E-state index contributed by atoms with van der Waals surface area (Å²) in [5.41, 5.74) is 3.87. The first-order valence-electron chi connectivity index (χ1n) is 14.9. The zero-order valence-electron chi connectivity index (χ0n) is 25.5. The van der Waals surface area contributed by atoms with E-state index >= 15 is 0 Å². The molecule has 0 aliphatic carbocycles. The Morgan fingerprint density at radius 1 is 0.674 bits per heavy atom. The number of hydrogen-bond acceptors (Lipinski definition) is 5. The number of hydrogen-bond donors (Lipinski definition) is 3. The Morgan fingerprint density at radius 2 is 1.22 bits per heavy atom. The minimum Gasteiger partial charge on any atom is -0.497 e. The number of rotatable bonds is 16. The van der Waals surface area contributed by atoms with Crippen LogP contribution in [0.25, 0.3) is 0 Å². The highest BCUT2D eigenvalue weighted by Gasteiger charge is 2.31. The van der Waals surface area contributed by atoms with E-state index in [0.717, 1.165) is 28.0 Å². The van der Waals surface area contributed by atoms with Crippen LogP contribution in [-0.4, -0.2) is 49.2 Å². The molecule has 0 spiro atoms. The van der Waals surface area contributed by atoms with Gasteiger partial charge in [0.2, 0.25) is 5.91 Å². The molecule has 3 N–H and O–H groups in total. The monoisotopic (exact) mass is 677 g/mol. The molecule has 4 aromatic carbocycles. The lowest BCUT2D eigenvalue weighted by atomic mass is 10.1. The maximum atomic E-state index is 13.8. The predicted molar refractivity (Wildman–Crippen MR) is 186 cm³/mol. The third-order valence-corrected chi connectivity index (χ3v) is 8.93. The summed E-state index contributed by atoms with van der Waals surface area (Å²) in [5, 5.41) is 9.03. The maximum Gasteiger partial charge on any atom is 0.252 e. The van der Waals surface area contributed by atoms with Crippen LogP contribution in [0.15, 0.2) is 103 Å². The molecule has 0 aliphatic rings. The molecule has 0 unspecified atom stereocenters. The van der Waals surface area contributed by atoms with Crippen molar-refractivity contribution in [2.24, 2.45) is 0 Å². The van der Waals surface area contributed by atoms with E-state index in [-0.39, 0.29) is 13.1 Å². The molecule has 0 radical (unpaired) electrons. The van der Waals surface area contributed by atoms with Crippen LogP contribution in [0.1, 0.15) is 22.3 Å². The molecule has 0 aromatic heterocycles. The minimum atomic E-state index is -1.42. The fourth-order valence-electron chi connectivity index (χ4n) is 4.71. The molecule has 46 heavy (non-hydrogen) atoms. The number of thioether (sulfide) groups is 1. The molecule has 7 nitrogen and oxygen atoms in total. The Bertz CT molecular complexity index is 1520. The highest BCUT2D eigenvalue weighted by atomic mass is 35.5. The first kappa shape index (κ1) is 34.9. The van der Waals surface area contributed by atoms with Crippen LogP contribution < -0.4 is 20.7 Å². The second-order valence-electron chi connectivity index (χ2n) is 10.6. The van der Waals surface area contributed by atoms with Gasteiger partial charge in [0.25, 0.3) is 11.8 Å². The molecule has 240 valence electrons. The first-order chi connectivity index (χ1) is 22.3. The van der Waals surface area contributed by atoms with Gasteiger partial charge in [0, 0.05) is 28.9 Å². The lowest BCUT2D eigenvalue weighted by Gasteiger charge is -2.22. The van der Waals surface area contributed by atoms with Crippen LogP contribution in [0.2, 0.25) is 10.0 Å². The molecule has 0 aliphatic heterocycles. The van der Waals surface area contributed by atoms with Gasteiger partial charge in [-0.25, -0.2) is 0 Å². The van der Waals surface area contributed by atoms with Crippen molar-refractivity contribution in [2.45, 2.75) is 36.3 Å². The van der Waals surface area contributed by atoms with Gasteiger partial charge >= 0.3 is 0 Å². The van der Waals surface area contributed by atoms with Gasteiger partial charge in [-0.05, 0) is 77.9 Å². The standard InChI is InChI=1S/C36H37Cl2N3O4S/c1-45-31-15-13-28(14-16-31)24-46-32(23-25-7-3-2-4-8-25)34(42)41-33(35(43)39-19-17-26-9-5-11-29(37)21-26)36(44)40-20-18-27-10-6-12-30(38)22-27/h2-16,21-22,32-33H,17-20,23-24H2,1H3,(H,39,43)(H,40,44)(H,41,42)/t32-/m0/s1. The lowest BCUT2D eigenvalue weighted by molar-refractivity contribution is -0.136. The Hall–Kier alpha value is -3.98. The number of halogens is 2. The van der Waals surface area contributed by atoms with E-state index in [1.54, 1.807) is 19.2 Å². The zero-order chi connectivity index (χ0) is 32.7. The van der Waals surface area contributed by atoms with Crippen molar-refractivity contribution in [2.75, 3.05) is 20.2 Å². The molecule has 0 saturated carbocycles. The highest BCUT2D eigenvalue weighted by molar-refractivity contribution is 7.99. The Kier molecular flexibility index (Phi) is 13.8. The van der Waals surface area contributed by atoms with Crippen molar-refractivity contribution in [3.05, 3.63) is 135 Å². The van der Waals surface area contributed by atoms with E-state index in [4.69, 9.17) is 27.9 Å². The van der Waals surface area contributed by atoms with Crippen LogP contribution >= 0.6 is 35.0 Å². The van der Waals surface area contributed by atoms with Crippen molar-refractivity contribution >= 4 is 52.7 Å². The molecule has 4 rings (SSSR count). The molecular formula is C36H37Cl2N3O4S. The summed E-state index contributed by atoms with van der Waals surface area (Å²) in [4.78, 5) is 40.7. The quantitative estimate of drug-likeness (QED) is 0.126. The third-order valence-electron chi connectivity index (χ3n) is 7.18. The number of methoxy groups -OCH3 is 1. The molecule has 3 amide bonds. The van der Waals surface area contributed by atoms with Gasteiger partial charge < -0.3 is 20.7 Å². The Labute approximate surface area is 284 Å². The van der Waals surface area contributed by atoms with E-state index in [0.29, 0.717) is 35.1 Å². The summed E-state index contributed by atoms with van der Waals surface area (Å²) in [7, 11) is 1.61. The van der Waals surface area contributed by atoms with E-state index in [9.17, 15) is 14.4 Å². The molecular weight excluding hydrogens is 641 g/mol. The van der Waals surface area contributed by atoms with Crippen molar-refractivity contribution < 1.29 is 19.1 Å². The Balaban J connectivity index is 1.46. The SMILES string of the molecule is COc1ccc(CS[C@@H](Cc2ccccc2)C(=O)NC(C(=O)NCCc2cccc(Cl)c2)C(=O)NCCc2cccc(Cl)c2)cc1. The number of ether oxygens (including phenoxy) is 1. The summed E-state index contributed by atoms with van der Waals surface area (Å²) < 4.78 is 5.26. The van der Waals surface area contributed by atoms with E-state index in [1.807, 2.05) is 91.0 Å². The average Bonchev–Trinajstić information content (AvgIpc) is 3.06. The highest BCUT2D eigenvalue weighted by Crippen LogP contribution is 2.23. The molecule has 0 heterocycles. The van der Waals surface area contributed by atoms with E-state index < -0.39 is 29.0 Å². The van der Waals surface area contributed by atoms with E-state index in [2.05, 4.69) is 16.0 Å². The lowest BCUT2D eigenvalue weighted by Crippen LogP contribution is -2.57. The minimum absolute atomic E-state index is 0.265. The second-order valence-corrected chi connectivity index (χ2v) is 12.7. The molecule has 1 atom stereocenters. The van der Waals surface area contributed by atoms with Gasteiger partial charge in [-0.3, -0.25) is 14.4 Å². The second kappa shape index (κ2) is 18.2. The summed E-state index contributed by atoms with van der Waals surface area (Å²) in [6.07, 6.45) is 1.45. The summed E-state index contributed by atoms with van der Waals surface area (Å²) in [5.74, 6) is -0.277. The topological polar surface area (TPSA) is 96.5 Å². The van der Waals surface area contributed by atoms with Crippen LogP contribution in [0.3, 0.4) is 0 Å². The summed E-state index contributed by atoms with van der Waals surface area (Å²) in [6, 6.07) is 30.6.